The highest BCUT2D eigenvalue weighted by Gasteiger charge is 2.44. The van der Waals surface area contributed by atoms with Gasteiger partial charge in [-0.15, -0.1) is 11.3 Å². The first-order valence-electron chi connectivity index (χ1n) is 14.5. The Morgan fingerprint density at radius 1 is 1.18 bits per heavy atom. The average molecular weight is 618 g/mol. The highest BCUT2D eigenvalue weighted by molar-refractivity contribution is 7.11. The van der Waals surface area contributed by atoms with E-state index in [1.165, 1.54) is 29.5 Å². The van der Waals surface area contributed by atoms with Crippen molar-refractivity contribution in [2.24, 2.45) is 16.8 Å². The number of carbonyl (C=O) groups is 3. The molecule has 3 atom stereocenters. The number of carboxylic acid groups (broad SMARTS) is 1. The summed E-state index contributed by atoms with van der Waals surface area (Å²) < 4.78 is 20.2. The fraction of sp³-hybridized carbons (Fsp3) is 0.344. The van der Waals surface area contributed by atoms with Crippen LogP contribution in [0.2, 0.25) is 0 Å². The molecule has 12 heteroatoms. The third-order valence-corrected chi connectivity index (χ3v) is 9.27. The minimum absolute atomic E-state index is 0.0415. The molecule has 3 aliphatic rings. The number of nitrogens with zero attached hydrogens (tertiary/aromatic N) is 4. The van der Waals surface area contributed by atoms with Gasteiger partial charge in [0.05, 0.1) is 17.7 Å². The van der Waals surface area contributed by atoms with Crippen LogP contribution in [-0.4, -0.2) is 71.5 Å². The first kappa shape index (κ1) is 29.6. The van der Waals surface area contributed by atoms with Gasteiger partial charge in [-0.2, -0.15) is 0 Å². The van der Waals surface area contributed by atoms with Crippen LogP contribution in [0.15, 0.2) is 70.3 Å². The summed E-state index contributed by atoms with van der Waals surface area (Å²) in [6, 6.07) is 10.3. The number of fused-ring (bicyclic) bond motifs is 1. The number of thiazole rings is 1. The van der Waals surface area contributed by atoms with Crippen LogP contribution in [0.1, 0.15) is 45.9 Å². The number of aromatic nitrogens is 1. The van der Waals surface area contributed by atoms with E-state index in [9.17, 15) is 23.9 Å². The molecule has 0 bridgehead atoms. The number of esters is 1. The predicted molar refractivity (Wildman–Crippen MR) is 163 cm³/mol. The Balaban J connectivity index is 1.30. The summed E-state index contributed by atoms with van der Waals surface area (Å²) in [6.07, 6.45) is 2.33. The summed E-state index contributed by atoms with van der Waals surface area (Å²) in [5.74, 6) is -1.46. The number of carboxylic acids is 1. The molecule has 3 aliphatic heterocycles. The van der Waals surface area contributed by atoms with Gasteiger partial charge >= 0.3 is 11.9 Å². The number of carbonyl (C=O) groups excluding carboxylic acids is 2. The van der Waals surface area contributed by atoms with Crippen molar-refractivity contribution in [1.29, 1.82) is 0 Å². The molecular weight excluding hydrogens is 585 g/mol. The number of aromatic carboxylic acids is 1. The number of amidine groups is 1. The lowest BCUT2D eigenvalue weighted by molar-refractivity contribution is -0.139. The van der Waals surface area contributed by atoms with Gasteiger partial charge < -0.3 is 20.1 Å². The lowest BCUT2D eigenvalue weighted by Crippen LogP contribution is -2.45. The topological polar surface area (TPSA) is 124 Å². The average Bonchev–Trinajstić information content (AvgIpc) is 3.67. The van der Waals surface area contributed by atoms with Crippen molar-refractivity contribution >= 4 is 40.7 Å². The molecule has 0 spiro atoms. The molecule has 1 amide bonds. The van der Waals surface area contributed by atoms with Gasteiger partial charge in [-0.25, -0.2) is 19.0 Å². The fourth-order valence-corrected chi connectivity index (χ4v) is 6.88. The molecule has 6 rings (SSSR count). The van der Waals surface area contributed by atoms with Gasteiger partial charge in [-0.05, 0) is 68.3 Å². The zero-order valence-corrected chi connectivity index (χ0v) is 25.1. The molecule has 4 heterocycles. The number of likely N-dealkylation sites (tertiary alicyclic amines) is 1. The normalized spacial score (nSPS) is 22.0. The lowest BCUT2D eigenvalue weighted by atomic mass is 9.87. The van der Waals surface area contributed by atoms with Gasteiger partial charge in [0.15, 0.2) is 10.8 Å². The van der Waals surface area contributed by atoms with E-state index in [-0.39, 0.29) is 35.7 Å². The zero-order chi connectivity index (χ0) is 31.0. The van der Waals surface area contributed by atoms with Crippen LogP contribution in [0, 0.1) is 24.6 Å². The Kier molecular flexibility index (Phi) is 8.28. The van der Waals surface area contributed by atoms with E-state index in [1.807, 2.05) is 5.38 Å². The van der Waals surface area contributed by atoms with E-state index >= 15 is 0 Å². The van der Waals surface area contributed by atoms with Crippen molar-refractivity contribution in [3.05, 3.63) is 92.8 Å². The molecule has 2 aromatic carbocycles. The van der Waals surface area contributed by atoms with Crippen molar-refractivity contribution in [2.45, 2.75) is 26.3 Å². The van der Waals surface area contributed by atoms with Crippen LogP contribution in [0.4, 0.5) is 10.1 Å². The standard InChI is InChI=1S/C32H32FN5O5S/c1-3-43-32(42)26-25(35-28(29-34-12-14-44-29)36-27(26)22-5-4-6-24(33)18(22)2)17-37-13-11-23-20(15-37)16-38(30(23)39)21-9-7-19(8-10-21)31(40)41/h4-10,12,14,20,23,27H,3,11,13,15-17H2,1-2H3,(H,35,36)(H,40,41)/t20-,23-,27-/m0/s1. The van der Waals surface area contributed by atoms with E-state index in [0.29, 0.717) is 71.5 Å². The maximum Gasteiger partial charge on any atom is 0.338 e. The van der Waals surface area contributed by atoms with Crippen LogP contribution in [0.3, 0.4) is 0 Å². The second kappa shape index (κ2) is 12.3. The summed E-state index contributed by atoms with van der Waals surface area (Å²) in [5, 5.41) is 15.1. The van der Waals surface area contributed by atoms with Crippen molar-refractivity contribution in [3.63, 3.8) is 0 Å². The van der Waals surface area contributed by atoms with Crippen molar-refractivity contribution in [1.82, 2.24) is 15.2 Å². The molecule has 3 aromatic rings. The van der Waals surface area contributed by atoms with Crippen LogP contribution in [-0.2, 0) is 14.3 Å². The Labute approximate surface area is 257 Å². The van der Waals surface area contributed by atoms with E-state index in [1.54, 1.807) is 49.2 Å². The number of piperidine rings is 1. The molecular formula is C32H32FN5O5S. The number of rotatable bonds is 8. The van der Waals surface area contributed by atoms with Crippen LogP contribution in [0.25, 0.3) is 0 Å². The van der Waals surface area contributed by atoms with E-state index in [0.717, 1.165) is 0 Å². The molecule has 0 unspecified atom stereocenters. The van der Waals surface area contributed by atoms with E-state index < -0.39 is 18.0 Å². The number of hydrogen-bond acceptors (Lipinski definition) is 9. The molecule has 0 radical (unpaired) electrons. The monoisotopic (exact) mass is 617 g/mol. The first-order valence-corrected chi connectivity index (χ1v) is 15.4. The van der Waals surface area contributed by atoms with Crippen molar-refractivity contribution in [3.8, 4) is 0 Å². The number of benzene rings is 2. The van der Waals surface area contributed by atoms with E-state index in [2.05, 4.69) is 15.2 Å². The predicted octanol–water partition coefficient (Wildman–Crippen LogP) is 4.18. The summed E-state index contributed by atoms with van der Waals surface area (Å²) in [5.41, 5.74) is 2.77. The third kappa shape index (κ3) is 5.62. The number of ether oxygens (including phenoxy) is 1. The van der Waals surface area contributed by atoms with Gasteiger partial charge in [0.25, 0.3) is 0 Å². The smallest absolute Gasteiger partial charge is 0.338 e. The quantitative estimate of drug-likeness (QED) is 0.361. The highest BCUT2D eigenvalue weighted by Crippen LogP contribution is 2.38. The molecule has 0 aliphatic carbocycles. The summed E-state index contributed by atoms with van der Waals surface area (Å²) in [7, 11) is 0. The summed E-state index contributed by atoms with van der Waals surface area (Å²) in [4.78, 5) is 51.4. The number of nitrogens with one attached hydrogen (secondary N) is 1. The number of halogens is 1. The molecule has 44 heavy (non-hydrogen) atoms. The minimum Gasteiger partial charge on any atom is -0.478 e. The number of anilines is 1. The number of aliphatic imine (C=N–C) groups is 1. The van der Waals surface area contributed by atoms with Crippen LogP contribution in [0.5, 0.6) is 0 Å². The molecule has 2 saturated heterocycles. The maximum atomic E-state index is 14.7. The van der Waals surface area contributed by atoms with Crippen LogP contribution < -0.4 is 10.2 Å². The third-order valence-electron chi connectivity index (χ3n) is 8.49. The second-order valence-corrected chi connectivity index (χ2v) is 12.0. The number of hydrogen-bond donors (Lipinski definition) is 2. The second-order valence-electron chi connectivity index (χ2n) is 11.1. The Bertz CT molecular complexity index is 1660. The molecule has 10 nitrogen and oxygen atoms in total. The summed E-state index contributed by atoms with van der Waals surface area (Å²) >= 11 is 1.41. The minimum atomic E-state index is -1.01. The zero-order valence-electron chi connectivity index (χ0n) is 24.3. The van der Waals surface area contributed by atoms with Gasteiger partial charge in [-0.3, -0.25) is 14.7 Å². The SMILES string of the molecule is CCOC(=O)C1=C(CN2CC[C@@H]3C(=O)N(c4ccc(C(=O)O)cc4)C[C@@H]3C2)NC(c2nccs2)=N[C@H]1c1cccc(F)c1C. The maximum absolute atomic E-state index is 14.7. The molecule has 0 saturated carbocycles. The molecule has 2 N–H and O–H groups in total. The van der Waals surface area contributed by atoms with Crippen molar-refractivity contribution in [2.75, 3.05) is 37.7 Å². The molecule has 228 valence electrons. The first-order chi connectivity index (χ1) is 21.2. The largest absolute Gasteiger partial charge is 0.478 e. The Morgan fingerprint density at radius 3 is 2.68 bits per heavy atom. The number of amides is 1. The Hall–Kier alpha value is -4.42. The van der Waals surface area contributed by atoms with Crippen molar-refractivity contribution < 1.29 is 28.6 Å². The van der Waals surface area contributed by atoms with Gasteiger partial charge in [0.1, 0.15) is 11.9 Å². The van der Waals surface area contributed by atoms with E-state index in [4.69, 9.17) is 9.73 Å². The van der Waals surface area contributed by atoms with Gasteiger partial charge in [0, 0.05) is 54.4 Å². The lowest BCUT2D eigenvalue weighted by Gasteiger charge is -2.36. The fourth-order valence-electron chi connectivity index (χ4n) is 6.29. The summed E-state index contributed by atoms with van der Waals surface area (Å²) in [6.45, 7) is 5.73. The molecule has 2 fully saturated rings. The Morgan fingerprint density at radius 2 is 1.98 bits per heavy atom. The van der Waals surface area contributed by atoms with Crippen LogP contribution >= 0.6 is 11.3 Å². The highest BCUT2D eigenvalue weighted by atomic mass is 32.1. The van der Waals surface area contributed by atoms with Gasteiger partial charge in [0.2, 0.25) is 5.91 Å². The molecule has 1 aromatic heterocycles. The van der Waals surface area contributed by atoms with Gasteiger partial charge in [-0.1, -0.05) is 12.1 Å².